The van der Waals surface area contributed by atoms with Gasteiger partial charge in [-0.1, -0.05) is 47.0 Å². The van der Waals surface area contributed by atoms with Crippen LogP contribution in [0.1, 0.15) is 25.0 Å². The minimum absolute atomic E-state index is 0.0551. The molecule has 0 radical (unpaired) electrons. The first kappa shape index (κ1) is 26.0. The van der Waals surface area contributed by atoms with Crippen LogP contribution >= 0.6 is 23.2 Å². The molecular formula is C22H27Cl2N3O4S. The summed E-state index contributed by atoms with van der Waals surface area (Å²) in [5, 5.41) is 3.38. The summed E-state index contributed by atoms with van der Waals surface area (Å²) in [5.41, 5.74) is 1.98. The summed E-state index contributed by atoms with van der Waals surface area (Å²) < 4.78 is 26.0. The Morgan fingerprint density at radius 3 is 2.22 bits per heavy atom. The number of nitrogens with zero attached hydrogens (tertiary/aromatic N) is 2. The average molecular weight is 500 g/mol. The molecule has 0 fully saturated rings. The molecule has 0 heterocycles. The van der Waals surface area contributed by atoms with E-state index in [0.29, 0.717) is 27.8 Å². The smallest absolute Gasteiger partial charge is 0.244 e. The van der Waals surface area contributed by atoms with Crippen LogP contribution in [0.4, 0.5) is 5.69 Å². The van der Waals surface area contributed by atoms with Gasteiger partial charge < -0.3 is 10.2 Å². The Hall–Kier alpha value is -2.29. The van der Waals surface area contributed by atoms with Gasteiger partial charge in [0.15, 0.2) is 0 Å². The summed E-state index contributed by atoms with van der Waals surface area (Å²) in [4.78, 5) is 27.2. The lowest BCUT2D eigenvalue weighted by Crippen LogP contribution is -2.51. The molecule has 2 aromatic carbocycles. The maximum absolute atomic E-state index is 13.3. The van der Waals surface area contributed by atoms with E-state index in [9.17, 15) is 18.0 Å². The van der Waals surface area contributed by atoms with Gasteiger partial charge in [0, 0.05) is 13.1 Å². The second kappa shape index (κ2) is 11.0. The monoisotopic (exact) mass is 499 g/mol. The van der Waals surface area contributed by atoms with Crippen molar-refractivity contribution >= 4 is 50.7 Å². The second-order valence-corrected chi connectivity index (χ2v) is 10.2. The summed E-state index contributed by atoms with van der Waals surface area (Å²) in [6.07, 6.45) is 1.04. The van der Waals surface area contributed by atoms with Gasteiger partial charge in [-0.25, -0.2) is 8.42 Å². The lowest BCUT2D eigenvalue weighted by Gasteiger charge is -2.31. The normalized spacial score (nSPS) is 12.2. The third-order valence-corrected chi connectivity index (χ3v) is 6.74. The number of carbonyl (C=O) groups excluding carboxylic acids is 2. The van der Waals surface area contributed by atoms with Crippen LogP contribution in [-0.2, 0) is 26.2 Å². The van der Waals surface area contributed by atoms with Crippen LogP contribution < -0.4 is 9.62 Å². The highest BCUT2D eigenvalue weighted by Crippen LogP contribution is 2.24. The van der Waals surface area contributed by atoms with Crippen molar-refractivity contribution in [1.29, 1.82) is 0 Å². The summed E-state index contributed by atoms with van der Waals surface area (Å²) in [6.45, 7) is 5.26. The van der Waals surface area contributed by atoms with Gasteiger partial charge in [-0.2, -0.15) is 0 Å². The number of hydrogen-bond acceptors (Lipinski definition) is 4. The number of likely N-dealkylation sites (N-methyl/N-ethyl adjacent to an activating group) is 1. The van der Waals surface area contributed by atoms with Crippen LogP contribution in [0.2, 0.25) is 10.0 Å². The number of anilines is 1. The molecular weight excluding hydrogens is 473 g/mol. The average Bonchev–Trinajstić information content (AvgIpc) is 2.72. The Bertz CT molecular complexity index is 1080. The molecule has 0 saturated carbocycles. The van der Waals surface area contributed by atoms with Crippen LogP contribution in [0.3, 0.4) is 0 Å². The first-order valence-corrected chi connectivity index (χ1v) is 12.6. The number of benzene rings is 2. The highest BCUT2D eigenvalue weighted by atomic mass is 35.5. The van der Waals surface area contributed by atoms with E-state index in [-0.39, 0.29) is 12.5 Å². The molecule has 0 spiro atoms. The van der Waals surface area contributed by atoms with Crippen molar-refractivity contribution in [3.8, 4) is 0 Å². The van der Waals surface area contributed by atoms with Gasteiger partial charge in [0.2, 0.25) is 21.8 Å². The van der Waals surface area contributed by atoms with E-state index in [1.807, 2.05) is 6.92 Å². The summed E-state index contributed by atoms with van der Waals surface area (Å²) in [7, 11) is -3.75. The van der Waals surface area contributed by atoms with Crippen molar-refractivity contribution in [2.75, 3.05) is 23.7 Å². The van der Waals surface area contributed by atoms with E-state index in [1.165, 1.54) is 4.90 Å². The summed E-state index contributed by atoms with van der Waals surface area (Å²) in [5.74, 6) is -0.872. The number of rotatable bonds is 9. The first-order chi connectivity index (χ1) is 14.9. The topological polar surface area (TPSA) is 86.8 Å². The third kappa shape index (κ3) is 6.85. The van der Waals surface area contributed by atoms with Gasteiger partial charge >= 0.3 is 0 Å². The SMILES string of the molecule is CCNC(=O)[C@@H](C)N(Cc1ccc(Cl)c(Cl)c1)C(=O)CN(c1ccc(C)cc1)S(C)(=O)=O. The fourth-order valence-electron chi connectivity index (χ4n) is 3.06. The van der Waals surface area contributed by atoms with E-state index in [4.69, 9.17) is 23.2 Å². The molecule has 1 atom stereocenters. The molecule has 0 aliphatic heterocycles. The van der Waals surface area contributed by atoms with Crippen molar-refractivity contribution < 1.29 is 18.0 Å². The van der Waals surface area contributed by atoms with E-state index in [2.05, 4.69) is 5.32 Å². The standard InChI is InChI=1S/C22H27Cl2N3O4S/c1-5-25-22(29)16(3)26(13-17-8-11-19(23)20(24)12-17)21(28)14-27(32(4,30)31)18-9-6-15(2)7-10-18/h6-12,16H,5,13-14H2,1-4H3,(H,25,29)/t16-/m1/s1. The van der Waals surface area contributed by atoms with Gasteiger partial charge in [0.05, 0.1) is 22.0 Å². The molecule has 0 unspecified atom stereocenters. The highest BCUT2D eigenvalue weighted by molar-refractivity contribution is 7.92. The zero-order chi connectivity index (χ0) is 24.1. The Morgan fingerprint density at radius 2 is 1.69 bits per heavy atom. The molecule has 0 aliphatic carbocycles. The Balaban J connectivity index is 2.39. The number of carbonyl (C=O) groups is 2. The van der Waals surface area contributed by atoms with Gasteiger partial charge in [-0.15, -0.1) is 0 Å². The van der Waals surface area contributed by atoms with Crippen LogP contribution in [0.25, 0.3) is 0 Å². The van der Waals surface area contributed by atoms with Gasteiger partial charge in [-0.05, 0) is 50.6 Å². The minimum atomic E-state index is -3.75. The molecule has 0 bridgehead atoms. The zero-order valence-electron chi connectivity index (χ0n) is 18.4. The van der Waals surface area contributed by atoms with E-state index in [1.54, 1.807) is 56.3 Å². The molecule has 2 rings (SSSR count). The lowest BCUT2D eigenvalue weighted by atomic mass is 10.1. The zero-order valence-corrected chi connectivity index (χ0v) is 20.8. The van der Waals surface area contributed by atoms with Crippen LogP contribution in [0, 0.1) is 6.92 Å². The maximum Gasteiger partial charge on any atom is 0.244 e. The van der Waals surface area contributed by atoms with Crippen LogP contribution in [0.15, 0.2) is 42.5 Å². The minimum Gasteiger partial charge on any atom is -0.355 e. The number of sulfonamides is 1. The van der Waals surface area contributed by atoms with Crippen molar-refractivity contribution in [2.45, 2.75) is 33.4 Å². The van der Waals surface area contributed by atoms with Crippen LogP contribution in [-0.4, -0.2) is 50.5 Å². The number of amides is 2. The fourth-order valence-corrected chi connectivity index (χ4v) is 4.23. The molecule has 1 N–H and O–H groups in total. The molecule has 2 aromatic rings. The molecule has 32 heavy (non-hydrogen) atoms. The molecule has 0 aromatic heterocycles. The molecule has 10 heteroatoms. The first-order valence-electron chi connectivity index (χ1n) is 9.99. The molecule has 174 valence electrons. The van der Waals surface area contributed by atoms with Crippen molar-refractivity contribution in [3.05, 3.63) is 63.6 Å². The van der Waals surface area contributed by atoms with Gasteiger partial charge in [0.1, 0.15) is 12.6 Å². The number of nitrogens with one attached hydrogen (secondary N) is 1. The van der Waals surface area contributed by atoms with Crippen molar-refractivity contribution in [2.24, 2.45) is 0 Å². The van der Waals surface area contributed by atoms with Gasteiger partial charge in [-0.3, -0.25) is 13.9 Å². The summed E-state index contributed by atoms with van der Waals surface area (Å²) in [6, 6.07) is 10.9. The molecule has 2 amide bonds. The Kier molecular flexibility index (Phi) is 8.95. The molecule has 7 nitrogen and oxygen atoms in total. The predicted molar refractivity (Wildman–Crippen MR) is 129 cm³/mol. The number of aryl methyl sites for hydroxylation is 1. The largest absolute Gasteiger partial charge is 0.355 e. The van der Waals surface area contributed by atoms with Crippen LogP contribution in [0.5, 0.6) is 0 Å². The fraction of sp³-hybridized carbons (Fsp3) is 0.364. The maximum atomic E-state index is 13.3. The predicted octanol–water partition coefficient (Wildman–Crippen LogP) is 3.62. The van der Waals surface area contributed by atoms with E-state index in [0.717, 1.165) is 16.1 Å². The quantitative estimate of drug-likeness (QED) is 0.570. The lowest BCUT2D eigenvalue weighted by molar-refractivity contribution is -0.139. The van der Waals surface area contributed by atoms with Crippen molar-refractivity contribution in [1.82, 2.24) is 10.2 Å². The van der Waals surface area contributed by atoms with E-state index < -0.39 is 28.5 Å². The highest BCUT2D eigenvalue weighted by Gasteiger charge is 2.30. The van der Waals surface area contributed by atoms with Crippen molar-refractivity contribution in [3.63, 3.8) is 0 Å². The molecule has 0 saturated heterocycles. The third-order valence-electron chi connectivity index (χ3n) is 4.86. The second-order valence-electron chi connectivity index (χ2n) is 7.45. The Labute approximate surface area is 199 Å². The number of hydrogen-bond donors (Lipinski definition) is 1. The van der Waals surface area contributed by atoms with E-state index >= 15 is 0 Å². The summed E-state index contributed by atoms with van der Waals surface area (Å²) >= 11 is 12.1. The van der Waals surface area contributed by atoms with Gasteiger partial charge in [0.25, 0.3) is 0 Å². The Morgan fingerprint density at radius 1 is 1.06 bits per heavy atom. The number of halogens is 2. The molecule has 0 aliphatic rings.